The Morgan fingerprint density at radius 2 is 1.65 bits per heavy atom. The lowest BCUT2D eigenvalue weighted by Crippen LogP contribution is -2.14. The molecule has 0 heterocycles. The van der Waals surface area contributed by atoms with E-state index in [1.54, 1.807) is 24.3 Å². The summed E-state index contributed by atoms with van der Waals surface area (Å²) < 4.78 is 6.00. The Labute approximate surface area is 137 Å². The number of rotatable bonds is 5. The van der Waals surface area contributed by atoms with Crippen LogP contribution in [-0.4, -0.2) is 11.1 Å². The summed E-state index contributed by atoms with van der Waals surface area (Å²) in [7, 11) is 0. The Kier molecular flexibility index (Phi) is 5.09. The molecule has 0 bridgehead atoms. The van der Waals surface area contributed by atoms with Crippen LogP contribution in [0.25, 0.3) is 0 Å². The Hall–Kier alpha value is -2.29. The first kappa shape index (κ1) is 17.1. The van der Waals surface area contributed by atoms with E-state index in [1.807, 2.05) is 6.07 Å². The largest absolute Gasteiger partial charge is 0.489 e. The molecular weight excluding hydrogens is 288 g/mol. The topological polar surface area (TPSA) is 46.5 Å². The highest BCUT2D eigenvalue weighted by atomic mass is 16.5. The molecule has 0 atom stereocenters. The van der Waals surface area contributed by atoms with Crippen LogP contribution in [0, 0.1) is 0 Å². The van der Waals surface area contributed by atoms with Gasteiger partial charge in [-0.05, 0) is 46.7 Å². The number of carbonyl (C=O) groups is 1. The Bertz CT molecular complexity index is 679. The average molecular weight is 312 g/mol. The Balaban J connectivity index is 2.18. The molecule has 3 heteroatoms. The molecule has 2 rings (SSSR count). The van der Waals surface area contributed by atoms with Crippen molar-refractivity contribution in [1.82, 2.24) is 0 Å². The zero-order valence-electron chi connectivity index (χ0n) is 14.2. The van der Waals surface area contributed by atoms with Crippen molar-refractivity contribution >= 4 is 5.97 Å². The Morgan fingerprint density at radius 1 is 1.04 bits per heavy atom. The van der Waals surface area contributed by atoms with Gasteiger partial charge in [-0.2, -0.15) is 0 Å². The van der Waals surface area contributed by atoms with Gasteiger partial charge in [-0.25, -0.2) is 4.79 Å². The molecule has 0 amide bonds. The summed E-state index contributed by atoms with van der Waals surface area (Å²) in [5.74, 6) is -0.0281. The zero-order valence-corrected chi connectivity index (χ0v) is 14.2. The lowest BCUT2D eigenvalue weighted by Gasteiger charge is -2.23. The number of carboxylic acids is 1. The summed E-state index contributed by atoms with van der Waals surface area (Å²) in [5.41, 5.74) is 3.74. The molecule has 0 aliphatic heterocycles. The van der Waals surface area contributed by atoms with Crippen LogP contribution in [0.5, 0.6) is 5.75 Å². The SMILES string of the molecule is CCc1ccc(OCc2ccc(C(=O)O)cc2)c(C(C)(C)C)c1. The van der Waals surface area contributed by atoms with Crippen LogP contribution in [0.2, 0.25) is 0 Å². The van der Waals surface area contributed by atoms with Gasteiger partial charge in [-0.3, -0.25) is 0 Å². The predicted octanol–water partition coefficient (Wildman–Crippen LogP) is 4.82. The quantitative estimate of drug-likeness (QED) is 0.860. The normalized spacial score (nSPS) is 11.3. The van der Waals surface area contributed by atoms with E-state index in [1.165, 1.54) is 11.1 Å². The van der Waals surface area contributed by atoms with Gasteiger partial charge >= 0.3 is 5.97 Å². The van der Waals surface area contributed by atoms with Crippen molar-refractivity contribution in [3.8, 4) is 5.75 Å². The van der Waals surface area contributed by atoms with E-state index in [0.29, 0.717) is 6.61 Å². The minimum absolute atomic E-state index is 0.00762. The number of hydrogen-bond donors (Lipinski definition) is 1. The first-order valence-corrected chi connectivity index (χ1v) is 7.89. The number of aromatic carboxylic acids is 1. The molecular formula is C20H24O3. The highest BCUT2D eigenvalue weighted by Gasteiger charge is 2.19. The van der Waals surface area contributed by atoms with Crippen LogP contribution < -0.4 is 4.74 Å². The molecule has 122 valence electrons. The van der Waals surface area contributed by atoms with E-state index in [9.17, 15) is 4.79 Å². The maximum absolute atomic E-state index is 10.9. The lowest BCUT2D eigenvalue weighted by atomic mass is 9.85. The minimum atomic E-state index is -0.914. The second-order valence-corrected chi connectivity index (χ2v) is 6.72. The summed E-state index contributed by atoms with van der Waals surface area (Å²) in [4.78, 5) is 10.9. The standard InChI is InChI=1S/C20H24O3/c1-5-14-8-11-18(17(12-14)20(2,3)4)23-13-15-6-9-16(10-7-15)19(21)22/h6-12H,5,13H2,1-4H3,(H,21,22). The van der Waals surface area contributed by atoms with Gasteiger partial charge in [-0.1, -0.05) is 52.0 Å². The summed E-state index contributed by atoms with van der Waals surface area (Å²) in [6, 6.07) is 13.1. The van der Waals surface area contributed by atoms with Crippen LogP contribution in [-0.2, 0) is 18.4 Å². The maximum atomic E-state index is 10.9. The van der Waals surface area contributed by atoms with Crippen molar-refractivity contribution in [2.24, 2.45) is 0 Å². The molecule has 0 aromatic heterocycles. The number of aryl methyl sites for hydroxylation is 1. The molecule has 0 fully saturated rings. The molecule has 2 aromatic rings. The monoisotopic (exact) mass is 312 g/mol. The minimum Gasteiger partial charge on any atom is -0.489 e. The van der Waals surface area contributed by atoms with Crippen molar-refractivity contribution in [2.45, 2.75) is 46.1 Å². The van der Waals surface area contributed by atoms with Crippen LogP contribution in [0.15, 0.2) is 42.5 Å². The number of hydrogen-bond acceptors (Lipinski definition) is 2. The van der Waals surface area contributed by atoms with Gasteiger partial charge in [0.15, 0.2) is 0 Å². The van der Waals surface area contributed by atoms with Crippen LogP contribution in [0.4, 0.5) is 0 Å². The molecule has 2 aromatic carbocycles. The molecule has 0 saturated heterocycles. The van der Waals surface area contributed by atoms with Gasteiger partial charge in [0, 0.05) is 0 Å². The van der Waals surface area contributed by atoms with E-state index in [0.717, 1.165) is 17.7 Å². The van der Waals surface area contributed by atoms with E-state index in [4.69, 9.17) is 9.84 Å². The molecule has 0 aliphatic rings. The lowest BCUT2D eigenvalue weighted by molar-refractivity contribution is 0.0697. The molecule has 23 heavy (non-hydrogen) atoms. The first-order valence-electron chi connectivity index (χ1n) is 7.89. The van der Waals surface area contributed by atoms with Gasteiger partial charge in [0.25, 0.3) is 0 Å². The third-order valence-corrected chi connectivity index (χ3v) is 3.86. The van der Waals surface area contributed by atoms with Gasteiger partial charge in [0.2, 0.25) is 0 Å². The molecule has 1 N–H and O–H groups in total. The van der Waals surface area contributed by atoms with Crippen molar-refractivity contribution in [2.75, 3.05) is 0 Å². The fourth-order valence-corrected chi connectivity index (χ4v) is 2.41. The van der Waals surface area contributed by atoms with Crippen LogP contribution in [0.1, 0.15) is 54.7 Å². The molecule has 0 spiro atoms. The zero-order chi connectivity index (χ0) is 17.0. The van der Waals surface area contributed by atoms with E-state index < -0.39 is 5.97 Å². The molecule has 3 nitrogen and oxygen atoms in total. The summed E-state index contributed by atoms with van der Waals surface area (Å²) in [6.45, 7) is 9.10. The van der Waals surface area contributed by atoms with Crippen molar-refractivity contribution in [3.63, 3.8) is 0 Å². The number of ether oxygens (including phenoxy) is 1. The van der Waals surface area contributed by atoms with Gasteiger partial charge in [0.05, 0.1) is 5.56 Å². The van der Waals surface area contributed by atoms with Crippen LogP contribution in [0.3, 0.4) is 0 Å². The Morgan fingerprint density at radius 3 is 2.17 bits per heavy atom. The molecule has 0 unspecified atom stereocenters. The average Bonchev–Trinajstić information content (AvgIpc) is 2.52. The highest BCUT2D eigenvalue weighted by Crippen LogP contribution is 2.32. The maximum Gasteiger partial charge on any atom is 0.335 e. The van der Waals surface area contributed by atoms with E-state index in [2.05, 4.69) is 39.8 Å². The molecule has 0 saturated carbocycles. The third-order valence-electron chi connectivity index (χ3n) is 3.86. The molecule has 0 radical (unpaired) electrons. The van der Waals surface area contributed by atoms with Crippen molar-refractivity contribution < 1.29 is 14.6 Å². The second-order valence-electron chi connectivity index (χ2n) is 6.72. The molecule has 0 aliphatic carbocycles. The summed E-state index contributed by atoms with van der Waals surface area (Å²) in [6.07, 6.45) is 1.00. The third kappa shape index (κ3) is 4.35. The predicted molar refractivity (Wildman–Crippen MR) is 92.3 cm³/mol. The highest BCUT2D eigenvalue weighted by molar-refractivity contribution is 5.87. The number of carboxylic acid groups (broad SMARTS) is 1. The van der Waals surface area contributed by atoms with Crippen LogP contribution >= 0.6 is 0 Å². The number of benzene rings is 2. The van der Waals surface area contributed by atoms with Crippen molar-refractivity contribution in [1.29, 1.82) is 0 Å². The van der Waals surface area contributed by atoms with Gasteiger partial charge in [0.1, 0.15) is 12.4 Å². The fraction of sp³-hybridized carbons (Fsp3) is 0.350. The van der Waals surface area contributed by atoms with Gasteiger partial charge in [-0.15, -0.1) is 0 Å². The van der Waals surface area contributed by atoms with E-state index >= 15 is 0 Å². The summed E-state index contributed by atoms with van der Waals surface area (Å²) in [5, 5.41) is 8.93. The first-order chi connectivity index (χ1) is 10.8. The summed E-state index contributed by atoms with van der Waals surface area (Å²) >= 11 is 0. The second kappa shape index (κ2) is 6.86. The van der Waals surface area contributed by atoms with E-state index in [-0.39, 0.29) is 11.0 Å². The fourth-order valence-electron chi connectivity index (χ4n) is 2.41. The smallest absolute Gasteiger partial charge is 0.335 e. The van der Waals surface area contributed by atoms with Gasteiger partial charge < -0.3 is 9.84 Å². The van der Waals surface area contributed by atoms with Crippen molar-refractivity contribution in [3.05, 3.63) is 64.7 Å².